The van der Waals surface area contributed by atoms with Crippen LogP contribution in [0.2, 0.25) is 0 Å². The first-order chi connectivity index (χ1) is 15.8. The minimum Gasteiger partial charge on any atom is -0.493 e. The van der Waals surface area contributed by atoms with Crippen LogP contribution in [-0.4, -0.2) is 54.5 Å². The molecule has 1 aliphatic heterocycles. The van der Waals surface area contributed by atoms with E-state index in [1.165, 1.54) is 4.90 Å². The fourth-order valence-electron chi connectivity index (χ4n) is 3.68. The van der Waals surface area contributed by atoms with Gasteiger partial charge in [0, 0.05) is 13.6 Å². The minimum absolute atomic E-state index is 0.0313. The van der Waals surface area contributed by atoms with Crippen LogP contribution in [0.25, 0.3) is 5.57 Å². The van der Waals surface area contributed by atoms with Gasteiger partial charge in [-0.3, -0.25) is 14.5 Å². The van der Waals surface area contributed by atoms with Crippen molar-refractivity contribution in [3.8, 4) is 5.75 Å². The van der Waals surface area contributed by atoms with Gasteiger partial charge in [0.1, 0.15) is 11.4 Å². The Hall–Kier alpha value is -3.12. The number of benzene rings is 2. The van der Waals surface area contributed by atoms with Crippen molar-refractivity contribution in [3.63, 3.8) is 0 Å². The van der Waals surface area contributed by atoms with Crippen LogP contribution < -0.4 is 4.74 Å². The Morgan fingerprint density at radius 2 is 1.58 bits per heavy atom. The zero-order valence-electron chi connectivity index (χ0n) is 20.2. The molecular weight excluding hydrogens is 416 g/mol. The standard InChI is InChI=1S/C27H34N2O4/c1-19(2)18-33-23-13-11-22(12-14-23)24-25(28(5)17-21-9-7-6-8-10-21)27(31)29(26(24)30)15-16-32-20(3)4/h6-14,19-20H,15-18H2,1-5H3. The highest BCUT2D eigenvalue weighted by Gasteiger charge is 2.40. The van der Waals surface area contributed by atoms with Crippen LogP contribution in [-0.2, 0) is 20.9 Å². The molecule has 6 heteroatoms. The Balaban J connectivity index is 1.90. The summed E-state index contributed by atoms with van der Waals surface area (Å²) in [7, 11) is 1.85. The molecule has 0 bridgehead atoms. The Kier molecular flexibility index (Phi) is 8.28. The first-order valence-electron chi connectivity index (χ1n) is 11.5. The van der Waals surface area contributed by atoms with Crippen LogP contribution in [0.15, 0.2) is 60.3 Å². The maximum absolute atomic E-state index is 13.4. The third-order valence-corrected chi connectivity index (χ3v) is 5.28. The van der Waals surface area contributed by atoms with E-state index >= 15 is 0 Å². The highest BCUT2D eigenvalue weighted by molar-refractivity contribution is 6.35. The molecule has 6 nitrogen and oxygen atoms in total. The van der Waals surface area contributed by atoms with E-state index in [1.54, 1.807) is 0 Å². The van der Waals surface area contributed by atoms with Crippen LogP contribution in [0.1, 0.15) is 38.8 Å². The number of rotatable bonds is 11. The predicted molar refractivity (Wildman–Crippen MR) is 129 cm³/mol. The van der Waals surface area contributed by atoms with Gasteiger partial charge in [-0.1, -0.05) is 56.3 Å². The van der Waals surface area contributed by atoms with Gasteiger partial charge in [0.05, 0.1) is 31.4 Å². The van der Waals surface area contributed by atoms with E-state index in [0.29, 0.717) is 42.5 Å². The van der Waals surface area contributed by atoms with Gasteiger partial charge in [-0.15, -0.1) is 0 Å². The van der Waals surface area contributed by atoms with E-state index in [-0.39, 0.29) is 24.5 Å². The third kappa shape index (κ3) is 6.23. The molecule has 3 rings (SSSR count). The number of carbonyl (C=O) groups excluding carboxylic acids is 2. The second-order valence-corrected chi connectivity index (χ2v) is 8.98. The number of nitrogens with zero attached hydrogens (tertiary/aromatic N) is 2. The minimum atomic E-state index is -0.293. The lowest BCUT2D eigenvalue weighted by Gasteiger charge is -2.22. The lowest BCUT2D eigenvalue weighted by molar-refractivity contribution is -0.138. The summed E-state index contributed by atoms with van der Waals surface area (Å²) in [6.07, 6.45) is 0.0313. The summed E-state index contributed by atoms with van der Waals surface area (Å²) in [5.74, 6) is 0.575. The molecule has 33 heavy (non-hydrogen) atoms. The first-order valence-corrected chi connectivity index (χ1v) is 11.5. The maximum Gasteiger partial charge on any atom is 0.277 e. The zero-order valence-corrected chi connectivity index (χ0v) is 20.2. The molecule has 1 aliphatic rings. The summed E-state index contributed by atoms with van der Waals surface area (Å²) in [6.45, 7) is 9.71. The average Bonchev–Trinajstić information content (AvgIpc) is 3.03. The zero-order chi connectivity index (χ0) is 24.0. The van der Waals surface area contributed by atoms with Gasteiger partial charge in [-0.25, -0.2) is 0 Å². The largest absolute Gasteiger partial charge is 0.493 e. The number of ether oxygens (including phenoxy) is 2. The van der Waals surface area contributed by atoms with Crippen LogP contribution >= 0.6 is 0 Å². The third-order valence-electron chi connectivity index (χ3n) is 5.28. The fourth-order valence-corrected chi connectivity index (χ4v) is 3.68. The fraction of sp³-hybridized carbons (Fsp3) is 0.407. The molecule has 0 spiro atoms. The molecule has 176 valence electrons. The molecule has 0 saturated heterocycles. The number of carbonyl (C=O) groups is 2. The number of hydrogen-bond donors (Lipinski definition) is 0. The van der Waals surface area contributed by atoms with Crippen LogP contribution in [0.4, 0.5) is 0 Å². The van der Waals surface area contributed by atoms with Gasteiger partial charge in [-0.2, -0.15) is 0 Å². The molecule has 2 amide bonds. The molecule has 0 N–H and O–H groups in total. The van der Waals surface area contributed by atoms with Gasteiger partial charge in [0.25, 0.3) is 11.8 Å². The van der Waals surface area contributed by atoms with Crippen LogP contribution in [0.5, 0.6) is 5.75 Å². The number of amides is 2. The van der Waals surface area contributed by atoms with Crippen molar-refractivity contribution in [1.82, 2.24) is 9.80 Å². The molecule has 0 aliphatic carbocycles. The van der Waals surface area contributed by atoms with Gasteiger partial charge in [0.2, 0.25) is 0 Å². The lowest BCUT2D eigenvalue weighted by Crippen LogP contribution is -2.37. The summed E-state index contributed by atoms with van der Waals surface area (Å²) in [5, 5.41) is 0. The van der Waals surface area contributed by atoms with E-state index in [2.05, 4.69) is 13.8 Å². The van der Waals surface area contributed by atoms with E-state index in [0.717, 1.165) is 11.3 Å². The quantitative estimate of drug-likeness (QED) is 0.476. The van der Waals surface area contributed by atoms with Crippen LogP contribution in [0.3, 0.4) is 0 Å². The molecule has 0 atom stereocenters. The summed E-state index contributed by atoms with van der Waals surface area (Å²) in [4.78, 5) is 29.9. The summed E-state index contributed by atoms with van der Waals surface area (Å²) >= 11 is 0. The molecule has 0 saturated carbocycles. The normalized spacial score (nSPS) is 14.1. The summed E-state index contributed by atoms with van der Waals surface area (Å²) in [5.41, 5.74) is 2.58. The highest BCUT2D eigenvalue weighted by atomic mass is 16.5. The monoisotopic (exact) mass is 450 g/mol. The molecule has 0 fully saturated rings. The van der Waals surface area contributed by atoms with Crippen molar-refractivity contribution in [2.75, 3.05) is 26.8 Å². The first kappa shape index (κ1) is 24.5. The predicted octanol–water partition coefficient (Wildman–Crippen LogP) is 4.36. The summed E-state index contributed by atoms with van der Waals surface area (Å²) in [6, 6.07) is 17.3. The van der Waals surface area contributed by atoms with Crippen LogP contribution in [0, 0.1) is 5.92 Å². The van der Waals surface area contributed by atoms with E-state index in [9.17, 15) is 9.59 Å². The second kappa shape index (κ2) is 11.1. The Labute approximate surface area is 196 Å². The topological polar surface area (TPSA) is 59.1 Å². The Morgan fingerprint density at radius 1 is 0.909 bits per heavy atom. The number of likely N-dealkylation sites (N-methyl/N-ethyl adjacent to an activating group) is 1. The second-order valence-electron chi connectivity index (χ2n) is 8.98. The number of imide groups is 1. The summed E-state index contributed by atoms with van der Waals surface area (Å²) < 4.78 is 11.4. The van der Waals surface area contributed by atoms with Gasteiger partial charge in [-0.05, 0) is 43.0 Å². The molecular formula is C27H34N2O4. The van der Waals surface area contributed by atoms with Crippen molar-refractivity contribution in [2.45, 2.75) is 40.3 Å². The highest BCUT2D eigenvalue weighted by Crippen LogP contribution is 2.32. The maximum atomic E-state index is 13.4. The van der Waals surface area contributed by atoms with E-state index < -0.39 is 0 Å². The van der Waals surface area contributed by atoms with Gasteiger partial charge in [0.15, 0.2) is 0 Å². The van der Waals surface area contributed by atoms with Crippen molar-refractivity contribution in [3.05, 3.63) is 71.4 Å². The Morgan fingerprint density at radius 3 is 2.18 bits per heavy atom. The molecule has 0 radical (unpaired) electrons. The molecule has 2 aromatic rings. The van der Waals surface area contributed by atoms with Gasteiger partial charge < -0.3 is 14.4 Å². The van der Waals surface area contributed by atoms with Crippen molar-refractivity contribution < 1.29 is 19.1 Å². The molecule has 2 aromatic carbocycles. The molecule has 0 unspecified atom stereocenters. The lowest BCUT2D eigenvalue weighted by atomic mass is 10.0. The average molecular weight is 451 g/mol. The van der Waals surface area contributed by atoms with Crippen molar-refractivity contribution in [2.24, 2.45) is 5.92 Å². The van der Waals surface area contributed by atoms with E-state index in [1.807, 2.05) is 80.4 Å². The SMILES string of the molecule is CC(C)COc1ccc(C2=C(N(C)Cc3ccccc3)C(=O)N(CCOC(C)C)C2=O)cc1. The van der Waals surface area contributed by atoms with Gasteiger partial charge >= 0.3 is 0 Å². The number of hydrogen-bond acceptors (Lipinski definition) is 5. The van der Waals surface area contributed by atoms with Crippen molar-refractivity contribution in [1.29, 1.82) is 0 Å². The van der Waals surface area contributed by atoms with E-state index in [4.69, 9.17) is 9.47 Å². The smallest absolute Gasteiger partial charge is 0.277 e. The molecule has 1 heterocycles. The van der Waals surface area contributed by atoms with Crippen molar-refractivity contribution >= 4 is 17.4 Å². The Bertz CT molecular complexity index is 981. The molecule has 0 aromatic heterocycles.